The molecule has 0 unspecified atom stereocenters. The number of rotatable bonds is 10. The molecular formula is C14H26N2O3. The normalized spacial score (nSPS) is 11.4. The van der Waals surface area contributed by atoms with E-state index in [2.05, 4.69) is 4.90 Å². The van der Waals surface area contributed by atoms with Crippen LogP contribution in [0.3, 0.4) is 0 Å². The number of ether oxygens (including phenoxy) is 2. The molecule has 110 valence electrons. The number of methoxy groups -OCH3 is 2. The average Bonchev–Trinajstić information content (AvgIpc) is 2.76. The Morgan fingerprint density at radius 3 is 2.53 bits per heavy atom. The summed E-state index contributed by atoms with van der Waals surface area (Å²) in [6.45, 7) is 6.61. The van der Waals surface area contributed by atoms with Crippen molar-refractivity contribution in [2.24, 2.45) is 5.73 Å². The fourth-order valence-electron chi connectivity index (χ4n) is 2.01. The molecule has 0 amide bonds. The van der Waals surface area contributed by atoms with E-state index in [1.807, 2.05) is 13.0 Å². The van der Waals surface area contributed by atoms with Crippen LogP contribution >= 0.6 is 0 Å². The van der Waals surface area contributed by atoms with E-state index in [4.69, 9.17) is 19.6 Å². The third-order valence-corrected chi connectivity index (χ3v) is 3.11. The van der Waals surface area contributed by atoms with E-state index >= 15 is 0 Å². The highest BCUT2D eigenvalue weighted by Gasteiger charge is 2.11. The first-order valence-corrected chi connectivity index (χ1v) is 6.69. The molecule has 0 aliphatic carbocycles. The second-order valence-corrected chi connectivity index (χ2v) is 4.61. The van der Waals surface area contributed by atoms with Gasteiger partial charge in [-0.15, -0.1) is 0 Å². The predicted octanol–water partition coefficient (Wildman–Crippen LogP) is 1.53. The number of aryl methyl sites for hydroxylation is 1. The molecule has 0 fully saturated rings. The van der Waals surface area contributed by atoms with Gasteiger partial charge in [-0.3, -0.25) is 4.90 Å². The highest BCUT2D eigenvalue weighted by molar-refractivity contribution is 5.20. The van der Waals surface area contributed by atoms with Crippen LogP contribution in [-0.2, 0) is 22.6 Å². The van der Waals surface area contributed by atoms with Gasteiger partial charge in [-0.1, -0.05) is 0 Å². The number of hydrogen-bond donors (Lipinski definition) is 1. The number of furan rings is 1. The first-order chi connectivity index (χ1) is 9.21. The van der Waals surface area contributed by atoms with Crippen LogP contribution in [0, 0.1) is 6.92 Å². The van der Waals surface area contributed by atoms with Gasteiger partial charge < -0.3 is 19.6 Å². The zero-order chi connectivity index (χ0) is 14.1. The third-order valence-electron chi connectivity index (χ3n) is 3.11. The molecule has 2 N–H and O–H groups in total. The Labute approximate surface area is 115 Å². The fourth-order valence-corrected chi connectivity index (χ4v) is 2.01. The van der Waals surface area contributed by atoms with Crippen molar-refractivity contribution >= 4 is 0 Å². The molecule has 0 saturated carbocycles. The van der Waals surface area contributed by atoms with Crippen molar-refractivity contribution in [2.75, 3.05) is 40.5 Å². The van der Waals surface area contributed by atoms with Crippen LogP contribution in [0.15, 0.2) is 10.5 Å². The quantitative estimate of drug-likeness (QED) is 0.653. The smallest absolute Gasteiger partial charge is 0.118 e. The van der Waals surface area contributed by atoms with Crippen LogP contribution in [0.25, 0.3) is 0 Å². The molecule has 0 aromatic carbocycles. The lowest BCUT2D eigenvalue weighted by Crippen LogP contribution is -2.28. The molecule has 0 atom stereocenters. The molecule has 0 aliphatic rings. The minimum atomic E-state index is 0.525. The first kappa shape index (κ1) is 16.2. The number of nitrogens with two attached hydrogens (primary N) is 1. The lowest BCUT2D eigenvalue weighted by Gasteiger charge is -2.20. The Kier molecular flexibility index (Phi) is 7.74. The summed E-state index contributed by atoms with van der Waals surface area (Å²) in [5.74, 6) is 1.88. The van der Waals surface area contributed by atoms with Crippen molar-refractivity contribution in [2.45, 2.75) is 26.4 Å². The van der Waals surface area contributed by atoms with Crippen LogP contribution in [0.5, 0.6) is 0 Å². The van der Waals surface area contributed by atoms with Crippen LogP contribution in [0.2, 0.25) is 0 Å². The molecule has 1 heterocycles. The average molecular weight is 270 g/mol. The molecule has 0 saturated heterocycles. The van der Waals surface area contributed by atoms with E-state index < -0.39 is 0 Å². The molecule has 0 radical (unpaired) electrons. The van der Waals surface area contributed by atoms with Crippen LogP contribution in [0.1, 0.15) is 23.5 Å². The zero-order valence-corrected chi connectivity index (χ0v) is 12.3. The van der Waals surface area contributed by atoms with E-state index in [9.17, 15) is 0 Å². The second kappa shape index (κ2) is 9.09. The highest BCUT2D eigenvalue weighted by Crippen LogP contribution is 2.16. The van der Waals surface area contributed by atoms with Gasteiger partial charge in [0.15, 0.2) is 0 Å². The van der Waals surface area contributed by atoms with Crippen LogP contribution < -0.4 is 5.73 Å². The molecule has 5 heteroatoms. The number of hydrogen-bond acceptors (Lipinski definition) is 5. The van der Waals surface area contributed by atoms with Gasteiger partial charge in [0.05, 0.1) is 13.2 Å². The Balaban J connectivity index is 2.53. The molecule has 0 spiro atoms. The monoisotopic (exact) mass is 270 g/mol. The molecule has 1 aromatic heterocycles. The molecular weight excluding hydrogens is 244 g/mol. The summed E-state index contributed by atoms with van der Waals surface area (Å²) in [5.41, 5.74) is 6.75. The topological polar surface area (TPSA) is 60.9 Å². The summed E-state index contributed by atoms with van der Waals surface area (Å²) in [4.78, 5) is 2.31. The van der Waals surface area contributed by atoms with Gasteiger partial charge in [0.25, 0.3) is 0 Å². The molecule has 1 rings (SSSR count). The summed E-state index contributed by atoms with van der Waals surface area (Å²) >= 11 is 0. The highest BCUT2D eigenvalue weighted by atomic mass is 16.5. The van der Waals surface area contributed by atoms with Crippen LogP contribution in [0.4, 0.5) is 0 Å². The molecule has 0 aliphatic heterocycles. The van der Waals surface area contributed by atoms with Gasteiger partial charge in [-0.05, 0) is 19.4 Å². The Morgan fingerprint density at radius 1 is 1.21 bits per heavy atom. The first-order valence-electron chi connectivity index (χ1n) is 6.69. The SMILES string of the molecule is COCCCN(CCOC)Cc1cc(CN)c(C)o1. The van der Waals surface area contributed by atoms with Gasteiger partial charge in [0.2, 0.25) is 0 Å². The van der Waals surface area contributed by atoms with E-state index in [0.717, 1.165) is 56.4 Å². The summed E-state index contributed by atoms with van der Waals surface area (Å²) < 4.78 is 16.0. The summed E-state index contributed by atoms with van der Waals surface area (Å²) in [7, 11) is 3.44. The lowest BCUT2D eigenvalue weighted by molar-refractivity contribution is 0.124. The lowest BCUT2D eigenvalue weighted by atomic mass is 10.2. The van der Waals surface area contributed by atoms with E-state index in [1.165, 1.54) is 0 Å². The minimum Gasteiger partial charge on any atom is -0.465 e. The number of nitrogens with zero attached hydrogens (tertiary/aromatic N) is 1. The van der Waals surface area contributed by atoms with Crippen molar-refractivity contribution < 1.29 is 13.9 Å². The van der Waals surface area contributed by atoms with Crippen LogP contribution in [-0.4, -0.2) is 45.4 Å². The predicted molar refractivity (Wildman–Crippen MR) is 75.0 cm³/mol. The standard InChI is InChI=1S/C14H26N2O3/c1-12-13(10-15)9-14(19-12)11-16(6-8-18-3)5-4-7-17-2/h9H,4-8,10-11,15H2,1-3H3. The Hall–Kier alpha value is -0.880. The molecule has 1 aromatic rings. The maximum absolute atomic E-state index is 5.73. The summed E-state index contributed by atoms with van der Waals surface area (Å²) in [6.07, 6.45) is 1.00. The van der Waals surface area contributed by atoms with Crippen molar-refractivity contribution in [1.82, 2.24) is 4.90 Å². The Bertz CT molecular complexity index is 352. The fraction of sp³-hybridized carbons (Fsp3) is 0.714. The summed E-state index contributed by atoms with van der Waals surface area (Å²) in [5, 5.41) is 0. The van der Waals surface area contributed by atoms with Crippen molar-refractivity contribution in [1.29, 1.82) is 0 Å². The van der Waals surface area contributed by atoms with Crippen molar-refractivity contribution in [3.8, 4) is 0 Å². The molecule has 19 heavy (non-hydrogen) atoms. The van der Waals surface area contributed by atoms with E-state index in [1.54, 1.807) is 14.2 Å². The van der Waals surface area contributed by atoms with Gasteiger partial charge in [-0.25, -0.2) is 0 Å². The van der Waals surface area contributed by atoms with E-state index in [0.29, 0.717) is 6.54 Å². The maximum atomic E-state index is 5.73. The van der Waals surface area contributed by atoms with Crippen molar-refractivity contribution in [3.05, 3.63) is 23.2 Å². The molecule has 5 nitrogen and oxygen atoms in total. The molecule has 0 bridgehead atoms. The van der Waals surface area contributed by atoms with Crippen molar-refractivity contribution in [3.63, 3.8) is 0 Å². The van der Waals surface area contributed by atoms with E-state index in [-0.39, 0.29) is 0 Å². The second-order valence-electron chi connectivity index (χ2n) is 4.61. The minimum absolute atomic E-state index is 0.525. The van der Waals surface area contributed by atoms with Gasteiger partial charge in [0, 0.05) is 46.0 Å². The van der Waals surface area contributed by atoms with Gasteiger partial charge in [0.1, 0.15) is 11.5 Å². The maximum Gasteiger partial charge on any atom is 0.118 e. The third kappa shape index (κ3) is 5.74. The van der Waals surface area contributed by atoms with Gasteiger partial charge >= 0.3 is 0 Å². The van der Waals surface area contributed by atoms with Gasteiger partial charge in [-0.2, -0.15) is 0 Å². The zero-order valence-electron chi connectivity index (χ0n) is 12.3. The Morgan fingerprint density at radius 2 is 1.95 bits per heavy atom. The summed E-state index contributed by atoms with van der Waals surface area (Å²) in [6, 6.07) is 2.05. The largest absolute Gasteiger partial charge is 0.465 e.